The lowest BCUT2D eigenvalue weighted by Crippen LogP contribution is -2.31. The molecule has 7 nitrogen and oxygen atoms in total. The number of rotatable bonds is 6. The zero-order valence-electron chi connectivity index (χ0n) is 16.5. The SMILES string of the molecule is C[C@H](Oc1cnc(C(=O)NCc2cc(C(F)(F)F)no2)nc1-c1ccc(Cl)cc1)C(F)(F)F. The predicted octanol–water partition coefficient (Wildman–Crippen LogP) is 5.06. The smallest absolute Gasteiger partial charge is 0.436 e. The van der Waals surface area contributed by atoms with Crippen molar-refractivity contribution in [3.63, 3.8) is 0 Å². The van der Waals surface area contributed by atoms with Crippen molar-refractivity contribution < 1.29 is 40.4 Å². The van der Waals surface area contributed by atoms with Gasteiger partial charge in [-0.15, -0.1) is 0 Å². The molecule has 3 aromatic rings. The van der Waals surface area contributed by atoms with Crippen LogP contribution in [0.3, 0.4) is 0 Å². The van der Waals surface area contributed by atoms with Gasteiger partial charge in [0.05, 0.1) is 12.7 Å². The van der Waals surface area contributed by atoms with E-state index in [1.807, 2.05) is 0 Å². The van der Waals surface area contributed by atoms with Crippen LogP contribution in [0.4, 0.5) is 26.3 Å². The summed E-state index contributed by atoms with van der Waals surface area (Å²) in [5.74, 6) is -2.02. The van der Waals surface area contributed by atoms with Crippen LogP contribution in [0.15, 0.2) is 41.1 Å². The molecule has 0 unspecified atom stereocenters. The summed E-state index contributed by atoms with van der Waals surface area (Å²) in [4.78, 5) is 20.1. The van der Waals surface area contributed by atoms with Crippen molar-refractivity contribution in [1.29, 1.82) is 0 Å². The van der Waals surface area contributed by atoms with Crippen molar-refractivity contribution in [3.8, 4) is 17.0 Å². The van der Waals surface area contributed by atoms with Gasteiger partial charge in [0.2, 0.25) is 5.82 Å². The van der Waals surface area contributed by atoms with Crippen LogP contribution in [0, 0.1) is 0 Å². The second kappa shape index (κ2) is 9.25. The molecule has 0 bridgehead atoms. The molecule has 0 saturated carbocycles. The van der Waals surface area contributed by atoms with E-state index in [0.29, 0.717) is 11.1 Å². The van der Waals surface area contributed by atoms with Crippen LogP contribution in [0.25, 0.3) is 11.3 Å². The standard InChI is InChI=1S/C19H13ClF6N4O3/c1-9(18(21,22)23)32-13-8-27-16(29-15(13)10-2-4-11(20)5-3-10)17(31)28-7-12-6-14(30-33-12)19(24,25)26/h2-6,8-9H,7H2,1H3,(H,28,31)/t9-/m0/s1. The van der Waals surface area contributed by atoms with Gasteiger partial charge in [0.1, 0.15) is 5.69 Å². The van der Waals surface area contributed by atoms with E-state index in [-0.39, 0.29) is 22.8 Å². The van der Waals surface area contributed by atoms with Crippen molar-refractivity contribution in [2.24, 2.45) is 0 Å². The van der Waals surface area contributed by atoms with Crippen LogP contribution < -0.4 is 10.1 Å². The number of halogens is 7. The molecular weight excluding hydrogens is 482 g/mol. The Morgan fingerprint density at radius 1 is 1.18 bits per heavy atom. The summed E-state index contributed by atoms with van der Waals surface area (Å²) < 4.78 is 86.0. The molecule has 0 aliphatic heterocycles. The average molecular weight is 495 g/mol. The summed E-state index contributed by atoms with van der Waals surface area (Å²) in [6.45, 7) is 0.323. The van der Waals surface area contributed by atoms with Crippen LogP contribution in [0.1, 0.15) is 29.0 Å². The Bertz CT molecular complexity index is 1130. The highest BCUT2D eigenvalue weighted by Crippen LogP contribution is 2.32. The Morgan fingerprint density at radius 3 is 2.42 bits per heavy atom. The lowest BCUT2D eigenvalue weighted by molar-refractivity contribution is -0.189. The molecule has 14 heteroatoms. The summed E-state index contributed by atoms with van der Waals surface area (Å²) in [6.07, 6.45) is -10.7. The summed E-state index contributed by atoms with van der Waals surface area (Å²) in [6, 6.07) is 6.42. The fourth-order valence-corrected chi connectivity index (χ4v) is 2.54. The van der Waals surface area contributed by atoms with E-state index < -0.39 is 42.4 Å². The molecule has 2 aromatic heterocycles. The van der Waals surface area contributed by atoms with Crippen LogP contribution in [0.5, 0.6) is 5.75 Å². The Kier molecular flexibility index (Phi) is 6.81. The lowest BCUT2D eigenvalue weighted by atomic mass is 10.1. The number of hydrogen-bond donors (Lipinski definition) is 1. The van der Waals surface area contributed by atoms with Crippen LogP contribution >= 0.6 is 11.6 Å². The Hall–Kier alpha value is -3.35. The number of alkyl halides is 6. The number of carbonyl (C=O) groups is 1. The van der Waals surface area contributed by atoms with Crippen molar-refractivity contribution >= 4 is 17.5 Å². The number of ether oxygens (including phenoxy) is 1. The maximum Gasteiger partial charge on any atom is 0.436 e. The van der Waals surface area contributed by atoms with Gasteiger partial charge in [-0.05, 0) is 19.1 Å². The molecular formula is C19H13ClF6N4O3. The highest BCUT2D eigenvalue weighted by Gasteiger charge is 2.39. The Morgan fingerprint density at radius 2 is 1.85 bits per heavy atom. The minimum Gasteiger partial charge on any atom is -0.477 e. The van der Waals surface area contributed by atoms with Crippen LogP contribution in [0.2, 0.25) is 5.02 Å². The predicted molar refractivity (Wildman–Crippen MR) is 101 cm³/mol. The van der Waals surface area contributed by atoms with Gasteiger partial charge in [0.15, 0.2) is 23.3 Å². The van der Waals surface area contributed by atoms with Crippen molar-refractivity contribution in [1.82, 2.24) is 20.4 Å². The molecule has 0 saturated heterocycles. The van der Waals surface area contributed by atoms with Gasteiger partial charge in [-0.3, -0.25) is 4.79 Å². The van der Waals surface area contributed by atoms with Crippen LogP contribution in [-0.4, -0.2) is 33.3 Å². The highest BCUT2D eigenvalue weighted by atomic mass is 35.5. The molecule has 3 rings (SSSR count). The molecule has 0 spiro atoms. The Labute approximate surface area is 186 Å². The van der Waals surface area contributed by atoms with E-state index in [4.69, 9.17) is 16.3 Å². The molecule has 0 aliphatic rings. The summed E-state index contributed by atoms with van der Waals surface area (Å²) in [5, 5.41) is 5.45. The number of carbonyl (C=O) groups excluding carboxylic acids is 1. The maximum atomic E-state index is 12.9. The molecule has 33 heavy (non-hydrogen) atoms. The van der Waals surface area contributed by atoms with E-state index in [2.05, 4.69) is 25.0 Å². The van der Waals surface area contributed by atoms with E-state index in [0.717, 1.165) is 13.1 Å². The van der Waals surface area contributed by atoms with Gasteiger partial charge in [0.25, 0.3) is 5.91 Å². The van der Waals surface area contributed by atoms with Crippen LogP contribution in [-0.2, 0) is 12.7 Å². The number of nitrogens with zero attached hydrogens (tertiary/aromatic N) is 3. The molecule has 1 atom stereocenters. The third-order valence-electron chi connectivity index (χ3n) is 4.11. The second-order valence-electron chi connectivity index (χ2n) is 6.57. The molecule has 176 valence electrons. The zero-order chi connectivity index (χ0) is 24.4. The fourth-order valence-electron chi connectivity index (χ4n) is 2.41. The average Bonchev–Trinajstić information content (AvgIpc) is 3.22. The summed E-state index contributed by atoms with van der Waals surface area (Å²) in [7, 11) is 0. The fraction of sp³-hybridized carbons (Fsp3) is 0.263. The normalized spacial score (nSPS) is 13.0. The van der Waals surface area contributed by atoms with Gasteiger partial charge < -0.3 is 14.6 Å². The first-order chi connectivity index (χ1) is 15.3. The van der Waals surface area contributed by atoms with Gasteiger partial charge in [0, 0.05) is 16.7 Å². The van der Waals surface area contributed by atoms with Gasteiger partial charge in [-0.25, -0.2) is 9.97 Å². The minimum atomic E-state index is -4.72. The monoisotopic (exact) mass is 494 g/mol. The lowest BCUT2D eigenvalue weighted by Gasteiger charge is -2.19. The largest absolute Gasteiger partial charge is 0.477 e. The first-order valence-corrected chi connectivity index (χ1v) is 9.39. The summed E-state index contributed by atoms with van der Waals surface area (Å²) >= 11 is 5.83. The number of amides is 1. The molecule has 1 N–H and O–H groups in total. The third kappa shape index (κ3) is 6.12. The second-order valence-corrected chi connectivity index (χ2v) is 7.01. The van der Waals surface area contributed by atoms with E-state index in [9.17, 15) is 31.1 Å². The van der Waals surface area contributed by atoms with E-state index in [1.165, 1.54) is 24.3 Å². The molecule has 2 heterocycles. The first-order valence-electron chi connectivity index (χ1n) is 9.02. The van der Waals surface area contributed by atoms with Crippen molar-refractivity contribution in [2.75, 3.05) is 0 Å². The van der Waals surface area contributed by atoms with Gasteiger partial charge in [-0.1, -0.05) is 28.9 Å². The van der Waals surface area contributed by atoms with E-state index in [1.54, 1.807) is 0 Å². The number of benzene rings is 1. The van der Waals surface area contributed by atoms with Crippen molar-refractivity contribution in [2.45, 2.75) is 31.9 Å². The topological polar surface area (TPSA) is 90.1 Å². The zero-order valence-corrected chi connectivity index (χ0v) is 17.2. The minimum absolute atomic E-state index is 0.123. The van der Waals surface area contributed by atoms with Gasteiger partial charge in [-0.2, -0.15) is 26.3 Å². The molecule has 0 aliphatic carbocycles. The van der Waals surface area contributed by atoms with E-state index >= 15 is 0 Å². The first kappa shape index (κ1) is 24.3. The quantitative estimate of drug-likeness (QED) is 0.482. The molecule has 0 radical (unpaired) electrons. The Balaban J connectivity index is 1.84. The summed E-state index contributed by atoms with van der Waals surface area (Å²) in [5.41, 5.74) is -1.11. The molecule has 1 aromatic carbocycles. The molecule has 1 amide bonds. The van der Waals surface area contributed by atoms with Gasteiger partial charge >= 0.3 is 12.4 Å². The number of nitrogens with one attached hydrogen (secondary N) is 1. The maximum absolute atomic E-state index is 12.9. The third-order valence-corrected chi connectivity index (χ3v) is 4.37. The molecule has 0 fully saturated rings. The highest BCUT2D eigenvalue weighted by molar-refractivity contribution is 6.30. The van der Waals surface area contributed by atoms with Crippen molar-refractivity contribution in [3.05, 3.63) is 58.8 Å². The number of hydrogen-bond acceptors (Lipinski definition) is 6. The number of aromatic nitrogens is 3.